The summed E-state index contributed by atoms with van der Waals surface area (Å²) in [5.41, 5.74) is 3.81. The average Bonchev–Trinajstić information content (AvgIpc) is 2.36. The Bertz CT molecular complexity index is 393. The molecule has 0 bridgehead atoms. The third-order valence-corrected chi connectivity index (χ3v) is 2.66. The second-order valence-electron chi connectivity index (χ2n) is 4.23. The highest BCUT2D eigenvalue weighted by Crippen LogP contribution is 2.13. The molecule has 1 aromatic rings. The van der Waals surface area contributed by atoms with Crippen LogP contribution in [0.25, 0.3) is 6.08 Å². The monoisotopic (exact) mass is 226 g/mol. The Kier molecular flexibility index (Phi) is 6.09. The predicted molar refractivity (Wildman–Crippen MR) is 77.9 cm³/mol. The van der Waals surface area contributed by atoms with Gasteiger partial charge in [0.1, 0.15) is 0 Å². The molecule has 1 rings (SSSR count). The highest BCUT2D eigenvalue weighted by atomic mass is 14.0. The summed E-state index contributed by atoms with van der Waals surface area (Å²) in [5.74, 6) is 0. The Morgan fingerprint density at radius 2 is 1.82 bits per heavy atom. The number of hydrogen-bond donors (Lipinski definition) is 0. The van der Waals surface area contributed by atoms with Crippen LogP contribution in [0.4, 0.5) is 0 Å². The summed E-state index contributed by atoms with van der Waals surface area (Å²) in [6.07, 6.45) is 9.85. The van der Waals surface area contributed by atoms with E-state index >= 15 is 0 Å². The zero-order chi connectivity index (χ0) is 12.5. The molecule has 1 aromatic carbocycles. The molecule has 0 fully saturated rings. The third kappa shape index (κ3) is 5.35. The fourth-order valence-corrected chi connectivity index (χ4v) is 1.66. The SMILES string of the molecule is C=C(/C=C/C(=C/c1ccccc1)CC)CCC. The van der Waals surface area contributed by atoms with E-state index in [1.165, 1.54) is 16.7 Å². The molecule has 0 amide bonds. The summed E-state index contributed by atoms with van der Waals surface area (Å²) in [4.78, 5) is 0. The molecule has 0 heteroatoms. The van der Waals surface area contributed by atoms with E-state index in [0.29, 0.717) is 0 Å². The van der Waals surface area contributed by atoms with Crippen LogP contribution in [0, 0.1) is 0 Å². The first-order valence-electron chi connectivity index (χ1n) is 6.37. The molecular formula is C17H22. The van der Waals surface area contributed by atoms with E-state index in [9.17, 15) is 0 Å². The second kappa shape index (κ2) is 7.67. The maximum absolute atomic E-state index is 4.04. The summed E-state index contributed by atoms with van der Waals surface area (Å²) in [5, 5.41) is 0. The lowest BCUT2D eigenvalue weighted by Gasteiger charge is -2.00. The maximum atomic E-state index is 4.04. The highest BCUT2D eigenvalue weighted by Gasteiger charge is 1.91. The first-order valence-corrected chi connectivity index (χ1v) is 6.37. The van der Waals surface area contributed by atoms with Crippen molar-refractivity contribution < 1.29 is 0 Å². The van der Waals surface area contributed by atoms with E-state index in [0.717, 1.165) is 19.3 Å². The van der Waals surface area contributed by atoms with Gasteiger partial charge in [0.25, 0.3) is 0 Å². The molecule has 0 heterocycles. The van der Waals surface area contributed by atoms with Crippen molar-refractivity contribution in [1.82, 2.24) is 0 Å². The Morgan fingerprint density at radius 1 is 1.12 bits per heavy atom. The van der Waals surface area contributed by atoms with Gasteiger partial charge >= 0.3 is 0 Å². The number of benzene rings is 1. The zero-order valence-electron chi connectivity index (χ0n) is 10.9. The minimum Gasteiger partial charge on any atom is -0.0958 e. The molecule has 0 aliphatic carbocycles. The minimum absolute atomic E-state index is 1.05. The maximum Gasteiger partial charge on any atom is -0.0254 e. The zero-order valence-corrected chi connectivity index (χ0v) is 10.9. The largest absolute Gasteiger partial charge is 0.0958 e. The molecule has 0 unspecified atom stereocenters. The number of allylic oxidation sites excluding steroid dienone is 4. The lowest BCUT2D eigenvalue weighted by molar-refractivity contribution is 0.929. The molecule has 90 valence electrons. The van der Waals surface area contributed by atoms with E-state index in [2.05, 4.69) is 62.9 Å². The summed E-state index contributed by atoms with van der Waals surface area (Å²) in [6, 6.07) is 10.4. The number of rotatable bonds is 6. The standard InChI is InChI=1S/C17H22/c1-4-9-15(3)12-13-16(5-2)14-17-10-7-6-8-11-17/h6-8,10-14H,3-5,9H2,1-2H3/b13-12+,16-14+. The van der Waals surface area contributed by atoms with Crippen molar-refractivity contribution in [3.8, 4) is 0 Å². The molecule has 17 heavy (non-hydrogen) atoms. The predicted octanol–water partition coefficient (Wildman–Crippen LogP) is 5.39. The van der Waals surface area contributed by atoms with Crippen molar-refractivity contribution in [1.29, 1.82) is 0 Å². The first-order chi connectivity index (χ1) is 8.26. The lowest BCUT2D eigenvalue weighted by Crippen LogP contribution is -1.79. The third-order valence-electron chi connectivity index (χ3n) is 2.66. The van der Waals surface area contributed by atoms with E-state index in [1.54, 1.807) is 0 Å². The van der Waals surface area contributed by atoms with Crippen molar-refractivity contribution in [2.75, 3.05) is 0 Å². The Morgan fingerprint density at radius 3 is 2.41 bits per heavy atom. The lowest BCUT2D eigenvalue weighted by atomic mass is 10.1. The van der Waals surface area contributed by atoms with E-state index < -0.39 is 0 Å². The van der Waals surface area contributed by atoms with Crippen molar-refractivity contribution in [3.63, 3.8) is 0 Å². The van der Waals surface area contributed by atoms with Crippen LogP contribution >= 0.6 is 0 Å². The van der Waals surface area contributed by atoms with Gasteiger partial charge in [0.05, 0.1) is 0 Å². The van der Waals surface area contributed by atoms with Crippen LogP contribution in [0.15, 0.2) is 60.2 Å². The molecule has 0 saturated carbocycles. The topological polar surface area (TPSA) is 0 Å². The van der Waals surface area contributed by atoms with E-state index in [1.807, 2.05) is 6.07 Å². The van der Waals surface area contributed by atoms with Crippen LogP contribution in [0.1, 0.15) is 38.7 Å². The Balaban J connectivity index is 2.72. The highest BCUT2D eigenvalue weighted by molar-refractivity contribution is 5.55. The molecule has 0 aromatic heterocycles. The van der Waals surface area contributed by atoms with Crippen molar-refractivity contribution in [2.24, 2.45) is 0 Å². The van der Waals surface area contributed by atoms with Crippen LogP contribution < -0.4 is 0 Å². The Hall–Kier alpha value is -1.56. The molecule has 0 N–H and O–H groups in total. The second-order valence-corrected chi connectivity index (χ2v) is 4.23. The van der Waals surface area contributed by atoms with Crippen molar-refractivity contribution >= 4 is 6.08 Å². The van der Waals surface area contributed by atoms with Gasteiger partial charge in [-0.15, -0.1) is 0 Å². The van der Waals surface area contributed by atoms with Gasteiger partial charge in [-0.3, -0.25) is 0 Å². The van der Waals surface area contributed by atoms with Crippen LogP contribution in [0.2, 0.25) is 0 Å². The van der Waals surface area contributed by atoms with Crippen LogP contribution in [0.5, 0.6) is 0 Å². The molecule has 0 radical (unpaired) electrons. The summed E-state index contributed by atoms with van der Waals surface area (Å²) in [6.45, 7) is 8.41. The van der Waals surface area contributed by atoms with Gasteiger partial charge in [0.15, 0.2) is 0 Å². The van der Waals surface area contributed by atoms with Gasteiger partial charge in [-0.05, 0) is 24.0 Å². The summed E-state index contributed by atoms with van der Waals surface area (Å²) >= 11 is 0. The quantitative estimate of drug-likeness (QED) is 0.570. The van der Waals surface area contributed by atoms with Crippen LogP contribution in [-0.4, -0.2) is 0 Å². The smallest absolute Gasteiger partial charge is 0.0254 e. The molecule has 0 aliphatic heterocycles. The van der Waals surface area contributed by atoms with Gasteiger partial charge in [-0.2, -0.15) is 0 Å². The molecule has 0 aliphatic rings. The molecule has 0 atom stereocenters. The van der Waals surface area contributed by atoms with E-state index in [4.69, 9.17) is 0 Å². The van der Waals surface area contributed by atoms with E-state index in [-0.39, 0.29) is 0 Å². The van der Waals surface area contributed by atoms with Crippen molar-refractivity contribution in [2.45, 2.75) is 33.1 Å². The van der Waals surface area contributed by atoms with Crippen molar-refractivity contribution in [3.05, 3.63) is 65.8 Å². The summed E-state index contributed by atoms with van der Waals surface area (Å²) < 4.78 is 0. The Labute approximate surface area is 105 Å². The van der Waals surface area contributed by atoms with Gasteiger partial charge in [-0.1, -0.05) is 81.0 Å². The number of hydrogen-bond acceptors (Lipinski definition) is 0. The van der Waals surface area contributed by atoms with Gasteiger partial charge in [0.2, 0.25) is 0 Å². The normalized spacial score (nSPS) is 12.0. The molecule has 0 spiro atoms. The summed E-state index contributed by atoms with van der Waals surface area (Å²) in [7, 11) is 0. The fraction of sp³-hybridized carbons (Fsp3) is 0.294. The average molecular weight is 226 g/mol. The van der Waals surface area contributed by atoms with Crippen LogP contribution in [0.3, 0.4) is 0 Å². The molecule has 0 nitrogen and oxygen atoms in total. The fourth-order valence-electron chi connectivity index (χ4n) is 1.66. The van der Waals surface area contributed by atoms with Gasteiger partial charge in [0, 0.05) is 0 Å². The first kappa shape index (κ1) is 13.5. The molecule has 0 saturated heterocycles. The van der Waals surface area contributed by atoms with Gasteiger partial charge in [-0.25, -0.2) is 0 Å². The molecular weight excluding hydrogens is 204 g/mol. The minimum atomic E-state index is 1.05. The van der Waals surface area contributed by atoms with Gasteiger partial charge < -0.3 is 0 Å². The van der Waals surface area contributed by atoms with Crippen LogP contribution in [-0.2, 0) is 0 Å².